The van der Waals surface area contributed by atoms with E-state index in [-0.39, 0.29) is 14.9 Å². The molecule has 0 amide bonds. The molecule has 0 fully saturated rings. The first-order valence-electron chi connectivity index (χ1n) is 6.44. The summed E-state index contributed by atoms with van der Waals surface area (Å²) in [4.78, 5) is 2.28. The van der Waals surface area contributed by atoms with Gasteiger partial charge in [0.1, 0.15) is 4.99 Å². The highest BCUT2D eigenvalue weighted by atomic mass is 35.5. The largest absolute Gasteiger partial charge is 0.389 e. The topological polar surface area (TPSA) is 75.4 Å². The number of rotatable bonds is 7. The summed E-state index contributed by atoms with van der Waals surface area (Å²) < 4.78 is 26.9. The number of halogens is 1. The van der Waals surface area contributed by atoms with Crippen molar-refractivity contribution in [1.29, 1.82) is 0 Å². The second-order valence-electron chi connectivity index (χ2n) is 4.98. The van der Waals surface area contributed by atoms with Crippen molar-refractivity contribution in [2.45, 2.75) is 24.8 Å². The molecule has 0 spiro atoms. The average molecular weight is 350 g/mol. The first kappa shape index (κ1) is 18.3. The molecule has 0 radical (unpaired) electrons. The van der Waals surface area contributed by atoms with Crippen LogP contribution in [-0.4, -0.2) is 44.5 Å². The lowest BCUT2D eigenvalue weighted by Crippen LogP contribution is -2.36. The quantitative estimate of drug-likeness (QED) is 0.731. The molecule has 0 aliphatic carbocycles. The molecule has 8 heteroatoms. The fraction of sp³-hybridized carbons (Fsp3) is 0.462. The number of nitrogens with one attached hydrogen (secondary N) is 1. The maximum atomic E-state index is 12.2. The molecule has 0 saturated heterocycles. The van der Waals surface area contributed by atoms with Gasteiger partial charge in [0.25, 0.3) is 0 Å². The molecular formula is C13H20ClN3O2S2. The van der Waals surface area contributed by atoms with Crippen molar-refractivity contribution in [1.82, 2.24) is 9.62 Å². The minimum Gasteiger partial charge on any atom is -0.389 e. The van der Waals surface area contributed by atoms with Crippen LogP contribution in [0.4, 0.5) is 0 Å². The van der Waals surface area contributed by atoms with Crippen LogP contribution in [0.25, 0.3) is 0 Å². The number of hydrogen-bond acceptors (Lipinski definition) is 4. The molecule has 1 rings (SSSR count). The molecule has 118 valence electrons. The number of likely N-dealkylation sites (N-methyl/N-ethyl adjacent to an activating group) is 1. The molecule has 0 saturated carbocycles. The van der Waals surface area contributed by atoms with E-state index in [2.05, 4.69) is 4.72 Å². The van der Waals surface area contributed by atoms with Gasteiger partial charge in [0.05, 0.1) is 9.92 Å². The third-order valence-electron chi connectivity index (χ3n) is 3.15. The standard InChI is InChI=1S/C13H20ClN3O2S2/c1-9(2)17(3)7-6-16-21(18,19)10-4-5-11(13(15)20)12(14)8-10/h4-5,8-9,16H,6-7H2,1-3H3,(H2,15,20). The summed E-state index contributed by atoms with van der Waals surface area (Å²) in [5, 5.41) is 0.227. The van der Waals surface area contributed by atoms with Crippen molar-refractivity contribution in [2.24, 2.45) is 5.73 Å². The van der Waals surface area contributed by atoms with Gasteiger partial charge in [-0.3, -0.25) is 0 Å². The number of hydrogen-bond donors (Lipinski definition) is 2. The van der Waals surface area contributed by atoms with E-state index in [0.717, 1.165) is 0 Å². The smallest absolute Gasteiger partial charge is 0.240 e. The Morgan fingerprint density at radius 3 is 2.57 bits per heavy atom. The van der Waals surface area contributed by atoms with E-state index in [4.69, 9.17) is 29.6 Å². The van der Waals surface area contributed by atoms with Crippen molar-refractivity contribution in [3.8, 4) is 0 Å². The molecule has 1 aromatic carbocycles. The summed E-state index contributed by atoms with van der Waals surface area (Å²) in [6.45, 7) is 5.03. The van der Waals surface area contributed by atoms with Gasteiger partial charge in [0, 0.05) is 24.7 Å². The molecule has 5 nitrogen and oxygen atoms in total. The van der Waals surface area contributed by atoms with E-state index in [1.165, 1.54) is 18.2 Å². The Morgan fingerprint density at radius 1 is 1.48 bits per heavy atom. The normalized spacial score (nSPS) is 12.1. The van der Waals surface area contributed by atoms with Gasteiger partial charge in [-0.05, 0) is 39.1 Å². The van der Waals surface area contributed by atoms with Gasteiger partial charge in [-0.1, -0.05) is 23.8 Å². The number of sulfonamides is 1. The Morgan fingerprint density at radius 2 is 2.10 bits per heavy atom. The van der Waals surface area contributed by atoms with Crippen LogP contribution in [0.1, 0.15) is 19.4 Å². The first-order valence-corrected chi connectivity index (χ1v) is 8.71. The van der Waals surface area contributed by atoms with Gasteiger partial charge in [0.2, 0.25) is 10.0 Å². The molecule has 1 aromatic rings. The van der Waals surface area contributed by atoms with Crippen molar-refractivity contribution in [3.63, 3.8) is 0 Å². The lowest BCUT2D eigenvalue weighted by molar-refractivity contribution is 0.278. The van der Waals surface area contributed by atoms with Crippen LogP contribution in [0.3, 0.4) is 0 Å². The van der Waals surface area contributed by atoms with Crippen LogP contribution in [0, 0.1) is 0 Å². The highest BCUT2D eigenvalue weighted by Crippen LogP contribution is 2.20. The lowest BCUT2D eigenvalue weighted by Gasteiger charge is -2.20. The Labute approximate surface area is 136 Å². The zero-order valence-electron chi connectivity index (χ0n) is 12.3. The number of thiocarbonyl (C=S) groups is 1. The summed E-state index contributed by atoms with van der Waals surface area (Å²) in [5.41, 5.74) is 5.96. The van der Waals surface area contributed by atoms with Crippen LogP contribution in [0.2, 0.25) is 5.02 Å². The van der Waals surface area contributed by atoms with E-state index in [1.54, 1.807) is 0 Å². The van der Waals surface area contributed by atoms with Gasteiger partial charge >= 0.3 is 0 Å². The van der Waals surface area contributed by atoms with Crippen molar-refractivity contribution >= 4 is 38.8 Å². The molecule has 0 heterocycles. The summed E-state index contributed by atoms with van der Waals surface area (Å²) in [5.74, 6) is 0. The third-order valence-corrected chi connectivity index (χ3v) is 5.15. The lowest BCUT2D eigenvalue weighted by atomic mass is 10.2. The second-order valence-corrected chi connectivity index (χ2v) is 7.59. The maximum absolute atomic E-state index is 12.2. The molecule has 0 bridgehead atoms. The van der Waals surface area contributed by atoms with E-state index in [0.29, 0.717) is 24.7 Å². The van der Waals surface area contributed by atoms with Crippen LogP contribution in [-0.2, 0) is 10.0 Å². The van der Waals surface area contributed by atoms with E-state index in [1.807, 2.05) is 25.8 Å². The zero-order valence-corrected chi connectivity index (χ0v) is 14.6. The monoisotopic (exact) mass is 349 g/mol. The predicted octanol–water partition coefficient (Wildman–Crippen LogP) is 1.59. The van der Waals surface area contributed by atoms with Gasteiger partial charge < -0.3 is 10.6 Å². The minimum atomic E-state index is -3.59. The molecule has 0 aliphatic rings. The van der Waals surface area contributed by atoms with Crippen LogP contribution in [0.15, 0.2) is 23.1 Å². The summed E-state index contributed by atoms with van der Waals surface area (Å²) in [7, 11) is -1.65. The van der Waals surface area contributed by atoms with Gasteiger partial charge in [0.15, 0.2) is 0 Å². The number of benzene rings is 1. The highest BCUT2D eigenvalue weighted by molar-refractivity contribution is 7.89. The summed E-state index contributed by atoms with van der Waals surface area (Å²) in [6.07, 6.45) is 0. The zero-order chi connectivity index (χ0) is 16.2. The first-order chi connectivity index (χ1) is 9.65. The van der Waals surface area contributed by atoms with Crippen molar-refractivity contribution in [3.05, 3.63) is 28.8 Å². The van der Waals surface area contributed by atoms with Gasteiger partial charge in [-0.15, -0.1) is 0 Å². The Hall–Kier alpha value is -0.730. The average Bonchev–Trinajstić information content (AvgIpc) is 2.37. The minimum absolute atomic E-state index is 0.0969. The van der Waals surface area contributed by atoms with Crippen molar-refractivity contribution in [2.75, 3.05) is 20.1 Å². The van der Waals surface area contributed by atoms with Gasteiger partial charge in [-0.25, -0.2) is 13.1 Å². The fourth-order valence-electron chi connectivity index (χ4n) is 1.56. The van der Waals surface area contributed by atoms with Crippen LogP contribution < -0.4 is 10.5 Å². The molecule has 0 atom stereocenters. The Balaban J connectivity index is 2.79. The van der Waals surface area contributed by atoms with Gasteiger partial charge in [-0.2, -0.15) is 0 Å². The fourth-order valence-corrected chi connectivity index (χ4v) is 3.19. The SMILES string of the molecule is CC(C)N(C)CCNS(=O)(=O)c1ccc(C(N)=S)c(Cl)c1. The van der Waals surface area contributed by atoms with E-state index < -0.39 is 10.0 Å². The summed E-state index contributed by atoms with van der Waals surface area (Å²) >= 11 is 10.8. The number of nitrogens with zero attached hydrogens (tertiary/aromatic N) is 1. The molecule has 21 heavy (non-hydrogen) atoms. The molecule has 0 aromatic heterocycles. The molecular weight excluding hydrogens is 330 g/mol. The predicted molar refractivity (Wildman–Crippen MR) is 90.3 cm³/mol. The summed E-state index contributed by atoms with van der Waals surface area (Å²) in [6, 6.07) is 4.66. The molecule has 0 aliphatic heterocycles. The maximum Gasteiger partial charge on any atom is 0.240 e. The Kier molecular flexibility index (Phi) is 6.55. The number of nitrogens with two attached hydrogens (primary N) is 1. The van der Waals surface area contributed by atoms with E-state index in [9.17, 15) is 8.42 Å². The third kappa shape index (κ3) is 5.19. The van der Waals surface area contributed by atoms with E-state index >= 15 is 0 Å². The van der Waals surface area contributed by atoms with Crippen LogP contribution in [0.5, 0.6) is 0 Å². The molecule has 3 N–H and O–H groups in total. The molecule has 0 unspecified atom stereocenters. The van der Waals surface area contributed by atoms with Crippen molar-refractivity contribution < 1.29 is 8.42 Å². The van der Waals surface area contributed by atoms with Crippen LogP contribution >= 0.6 is 23.8 Å². The second kappa shape index (κ2) is 7.51. The Bertz CT molecular complexity index is 618. The highest BCUT2D eigenvalue weighted by Gasteiger charge is 2.16.